The van der Waals surface area contributed by atoms with Gasteiger partial charge in [-0.25, -0.2) is 0 Å². The van der Waals surface area contributed by atoms with Crippen LogP contribution in [0, 0.1) is 5.92 Å². The predicted octanol–water partition coefficient (Wildman–Crippen LogP) is 3.04. The maximum Gasteiger partial charge on any atom is 0.255 e. The molecule has 17 heavy (non-hydrogen) atoms. The Kier molecular flexibility index (Phi) is 4.40. The molecule has 0 aliphatic heterocycles. The van der Waals surface area contributed by atoms with E-state index in [1.54, 1.807) is 30.1 Å². The van der Waals surface area contributed by atoms with E-state index in [0.29, 0.717) is 22.2 Å². The Bertz CT molecular complexity index is 418. The lowest BCUT2D eigenvalue weighted by molar-refractivity contribution is 0.0708. The summed E-state index contributed by atoms with van der Waals surface area (Å²) in [6.45, 7) is 6.18. The molecule has 1 rings (SSSR count). The van der Waals surface area contributed by atoms with Crippen molar-refractivity contribution < 1.29 is 4.79 Å². The number of anilines is 1. The van der Waals surface area contributed by atoms with Crippen LogP contribution in [0.25, 0.3) is 0 Å². The van der Waals surface area contributed by atoms with E-state index in [-0.39, 0.29) is 11.9 Å². The molecule has 0 heterocycles. The molecule has 4 heteroatoms. The molecule has 0 radical (unpaired) electrons. The lowest BCUT2D eigenvalue weighted by Crippen LogP contribution is -2.38. The third-order valence-corrected chi connectivity index (χ3v) is 3.51. The number of hydrogen-bond acceptors (Lipinski definition) is 2. The number of benzene rings is 1. The van der Waals surface area contributed by atoms with Crippen LogP contribution in [0.4, 0.5) is 5.69 Å². The van der Waals surface area contributed by atoms with Crippen LogP contribution in [0.15, 0.2) is 18.2 Å². The summed E-state index contributed by atoms with van der Waals surface area (Å²) in [5.41, 5.74) is 6.63. The fraction of sp³-hybridized carbons (Fsp3) is 0.462. The number of amides is 1. The van der Waals surface area contributed by atoms with E-state index in [1.807, 2.05) is 6.92 Å². The van der Waals surface area contributed by atoms with Gasteiger partial charge in [-0.15, -0.1) is 0 Å². The second-order valence-corrected chi connectivity index (χ2v) is 5.01. The van der Waals surface area contributed by atoms with Crippen molar-refractivity contribution in [2.45, 2.75) is 26.8 Å². The zero-order chi connectivity index (χ0) is 13.2. The highest BCUT2D eigenvalue weighted by molar-refractivity contribution is 6.33. The van der Waals surface area contributed by atoms with Crippen molar-refractivity contribution in [3.8, 4) is 0 Å². The van der Waals surface area contributed by atoms with Gasteiger partial charge in [-0.1, -0.05) is 31.5 Å². The molecular weight excluding hydrogens is 236 g/mol. The van der Waals surface area contributed by atoms with Crippen LogP contribution in [0.5, 0.6) is 0 Å². The number of halogens is 1. The Morgan fingerprint density at radius 3 is 2.47 bits per heavy atom. The van der Waals surface area contributed by atoms with Gasteiger partial charge < -0.3 is 10.6 Å². The average Bonchev–Trinajstić information content (AvgIpc) is 2.29. The summed E-state index contributed by atoms with van der Waals surface area (Å²) in [5.74, 6) is 0.301. The normalized spacial score (nSPS) is 12.6. The lowest BCUT2D eigenvalue weighted by atomic mass is 10.0. The zero-order valence-corrected chi connectivity index (χ0v) is 11.5. The standard InChI is InChI=1S/C13H19ClN2O/c1-8(2)9(3)16(4)13(17)10-6-5-7-11(14)12(10)15/h5-9H,15H2,1-4H3. The molecule has 0 fully saturated rings. The van der Waals surface area contributed by atoms with Gasteiger partial charge in [-0.05, 0) is 25.0 Å². The first kappa shape index (κ1) is 13.8. The smallest absolute Gasteiger partial charge is 0.255 e. The van der Waals surface area contributed by atoms with Crippen molar-refractivity contribution in [1.82, 2.24) is 4.90 Å². The highest BCUT2D eigenvalue weighted by Crippen LogP contribution is 2.24. The molecule has 94 valence electrons. The number of nitrogen functional groups attached to an aromatic ring is 1. The third-order valence-electron chi connectivity index (χ3n) is 3.18. The Morgan fingerprint density at radius 1 is 1.35 bits per heavy atom. The number of hydrogen-bond donors (Lipinski definition) is 1. The minimum absolute atomic E-state index is 0.0915. The van der Waals surface area contributed by atoms with Crippen LogP contribution >= 0.6 is 11.6 Å². The predicted molar refractivity (Wildman–Crippen MR) is 72.3 cm³/mol. The summed E-state index contributed by atoms with van der Waals surface area (Å²) in [5, 5.41) is 0.418. The van der Waals surface area contributed by atoms with Crippen molar-refractivity contribution in [3.05, 3.63) is 28.8 Å². The summed E-state index contributed by atoms with van der Waals surface area (Å²) < 4.78 is 0. The van der Waals surface area contributed by atoms with E-state index in [9.17, 15) is 4.79 Å². The number of rotatable bonds is 3. The Balaban J connectivity index is 3.01. The van der Waals surface area contributed by atoms with E-state index in [4.69, 9.17) is 17.3 Å². The zero-order valence-electron chi connectivity index (χ0n) is 10.7. The molecule has 0 bridgehead atoms. The van der Waals surface area contributed by atoms with E-state index in [2.05, 4.69) is 13.8 Å². The molecule has 1 unspecified atom stereocenters. The van der Waals surface area contributed by atoms with Crippen LogP contribution in [-0.4, -0.2) is 23.9 Å². The second kappa shape index (κ2) is 5.41. The van der Waals surface area contributed by atoms with Gasteiger partial charge >= 0.3 is 0 Å². The molecule has 1 aromatic rings. The quantitative estimate of drug-likeness (QED) is 0.843. The van der Waals surface area contributed by atoms with Crippen LogP contribution in [0.1, 0.15) is 31.1 Å². The SMILES string of the molecule is CC(C)C(C)N(C)C(=O)c1cccc(Cl)c1N. The number of para-hydroxylation sites is 1. The number of nitrogens with zero attached hydrogens (tertiary/aromatic N) is 1. The van der Waals surface area contributed by atoms with E-state index < -0.39 is 0 Å². The minimum Gasteiger partial charge on any atom is -0.397 e. The summed E-state index contributed by atoms with van der Waals surface area (Å²) in [7, 11) is 1.79. The number of nitrogens with two attached hydrogens (primary N) is 1. The molecule has 0 aliphatic rings. The molecule has 0 saturated heterocycles. The Morgan fingerprint density at radius 2 is 1.94 bits per heavy atom. The first-order chi connectivity index (χ1) is 7.86. The molecule has 0 spiro atoms. The summed E-state index contributed by atoms with van der Waals surface area (Å²) in [6.07, 6.45) is 0. The van der Waals surface area contributed by atoms with E-state index >= 15 is 0 Å². The van der Waals surface area contributed by atoms with E-state index in [0.717, 1.165) is 0 Å². The molecular formula is C13H19ClN2O. The summed E-state index contributed by atoms with van der Waals surface area (Å²) in [6, 6.07) is 5.27. The highest BCUT2D eigenvalue weighted by Gasteiger charge is 2.21. The van der Waals surface area contributed by atoms with Crippen molar-refractivity contribution in [2.24, 2.45) is 5.92 Å². The first-order valence-corrected chi connectivity index (χ1v) is 6.05. The van der Waals surface area contributed by atoms with Crippen molar-refractivity contribution in [3.63, 3.8) is 0 Å². The van der Waals surface area contributed by atoms with Crippen molar-refractivity contribution in [1.29, 1.82) is 0 Å². The topological polar surface area (TPSA) is 46.3 Å². The van der Waals surface area contributed by atoms with Crippen molar-refractivity contribution in [2.75, 3.05) is 12.8 Å². The van der Waals surface area contributed by atoms with Crippen LogP contribution in [0.2, 0.25) is 5.02 Å². The summed E-state index contributed by atoms with van der Waals surface area (Å²) in [4.78, 5) is 14.0. The van der Waals surface area contributed by atoms with Gasteiger partial charge in [-0.3, -0.25) is 4.79 Å². The summed E-state index contributed by atoms with van der Waals surface area (Å²) >= 11 is 5.91. The molecule has 0 aliphatic carbocycles. The fourth-order valence-electron chi connectivity index (χ4n) is 1.55. The maximum atomic E-state index is 12.3. The molecule has 1 aromatic carbocycles. The molecule has 1 atom stereocenters. The van der Waals surface area contributed by atoms with E-state index in [1.165, 1.54) is 0 Å². The Hall–Kier alpha value is -1.22. The maximum absolute atomic E-state index is 12.3. The van der Waals surface area contributed by atoms with Crippen LogP contribution in [0.3, 0.4) is 0 Å². The second-order valence-electron chi connectivity index (χ2n) is 4.60. The average molecular weight is 255 g/mol. The number of carbonyl (C=O) groups excluding carboxylic acids is 1. The van der Waals surface area contributed by atoms with Gasteiger partial charge in [0.15, 0.2) is 0 Å². The van der Waals surface area contributed by atoms with Gasteiger partial charge in [0, 0.05) is 13.1 Å². The Labute approximate surface area is 108 Å². The van der Waals surface area contributed by atoms with Gasteiger partial charge in [0.25, 0.3) is 5.91 Å². The monoisotopic (exact) mass is 254 g/mol. The van der Waals surface area contributed by atoms with Gasteiger partial charge in [0.1, 0.15) is 0 Å². The van der Waals surface area contributed by atoms with Crippen LogP contribution < -0.4 is 5.73 Å². The number of carbonyl (C=O) groups is 1. The van der Waals surface area contributed by atoms with Gasteiger partial charge in [0.05, 0.1) is 16.3 Å². The van der Waals surface area contributed by atoms with Crippen LogP contribution in [-0.2, 0) is 0 Å². The molecule has 2 N–H and O–H groups in total. The molecule has 0 saturated carbocycles. The highest BCUT2D eigenvalue weighted by atomic mass is 35.5. The minimum atomic E-state index is -0.0915. The van der Waals surface area contributed by atoms with Gasteiger partial charge in [-0.2, -0.15) is 0 Å². The third kappa shape index (κ3) is 2.91. The molecule has 3 nitrogen and oxygen atoms in total. The first-order valence-electron chi connectivity index (χ1n) is 5.67. The van der Waals surface area contributed by atoms with Crippen molar-refractivity contribution >= 4 is 23.2 Å². The molecule has 1 amide bonds. The fourth-order valence-corrected chi connectivity index (χ4v) is 1.72. The van der Waals surface area contributed by atoms with Gasteiger partial charge in [0.2, 0.25) is 0 Å². The lowest BCUT2D eigenvalue weighted by Gasteiger charge is -2.28. The largest absolute Gasteiger partial charge is 0.397 e. The molecule has 0 aromatic heterocycles.